The minimum atomic E-state index is -3.68. The normalized spacial score (nSPS) is 10.8. The maximum absolute atomic E-state index is 12.7. The second-order valence-corrected chi connectivity index (χ2v) is 9.02. The first-order valence-electron chi connectivity index (χ1n) is 9.74. The van der Waals surface area contributed by atoms with Crippen LogP contribution in [0.15, 0.2) is 45.6 Å². The summed E-state index contributed by atoms with van der Waals surface area (Å²) in [5, 5.41) is 10.0. The van der Waals surface area contributed by atoms with Gasteiger partial charge in [-0.3, -0.25) is 4.72 Å². The first-order valence-corrected chi connectivity index (χ1v) is 11.2. The van der Waals surface area contributed by atoms with Crippen molar-refractivity contribution in [3.8, 4) is 11.8 Å². The first-order chi connectivity index (χ1) is 15.5. The van der Waals surface area contributed by atoms with Crippen LogP contribution >= 0.6 is 0 Å². The summed E-state index contributed by atoms with van der Waals surface area (Å²) in [7, 11) is 0.616. The van der Waals surface area contributed by atoms with Crippen molar-refractivity contribution < 1.29 is 22.4 Å². The number of amides is 1. The molecule has 3 aromatic rings. The summed E-state index contributed by atoms with van der Waals surface area (Å²) in [4.78, 5) is 25.9. The predicted octanol–water partition coefficient (Wildman–Crippen LogP) is 1.85. The van der Waals surface area contributed by atoms with Crippen molar-refractivity contribution in [2.24, 2.45) is 0 Å². The molecule has 1 heterocycles. The molecule has 0 atom stereocenters. The van der Waals surface area contributed by atoms with Gasteiger partial charge in [-0.05, 0) is 36.2 Å². The number of anilines is 1. The van der Waals surface area contributed by atoms with E-state index in [-0.39, 0.29) is 74.7 Å². The van der Waals surface area contributed by atoms with Gasteiger partial charge in [-0.2, -0.15) is 13.7 Å². The van der Waals surface area contributed by atoms with Gasteiger partial charge in [-0.15, -0.1) is 0 Å². The molecule has 2 N–H and O–H groups in total. The van der Waals surface area contributed by atoms with E-state index in [2.05, 4.69) is 9.44 Å². The Kier molecular flexibility index (Phi) is 9.43. The van der Waals surface area contributed by atoms with Gasteiger partial charge in [0.2, 0.25) is 0 Å². The Hall–Kier alpha value is -2.24. The van der Waals surface area contributed by atoms with Crippen molar-refractivity contribution in [2.45, 2.75) is 13.3 Å². The minimum absolute atomic E-state index is 0. The van der Waals surface area contributed by atoms with Crippen molar-refractivity contribution in [1.29, 1.82) is 5.26 Å². The van der Waals surface area contributed by atoms with E-state index in [0.717, 1.165) is 0 Å². The Morgan fingerprint density at radius 2 is 1.94 bits per heavy atom. The average molecular weight is 511 g/mol. The van der Waals surface area contributed by atoms with E-state index in [1.165, 1.54) is 38.2 Å². The van der Waals surface area contributed by atoms with Crippen molar-refractivity contribution in [3.63, 3.8) is 0 Å². The molecule has 174 valence electrons. The average Bonchev–Trinajstić information content (AvgIpc) is 2.76. The van der Waals surface area contributed by atoms with Crippen LogP contribution in [0.1, 0.15) is 22.3 Å². The van der Waals surface area contributed by atoms with Gasteiger partial charge >= 0.3 is 63.1 Å². The van der Waals surface area contributed by atoms with E-state index in [1.54, 1.807) is 31.2 Å². The van der Waals surface area contributed by atoms with Crippen LogP contribution in [0, 0.1) is 18.3 Å². The number of nitrogens with one attached hydrogen (secondary N) is 2. The molecule has 2 aromatic carbocycles. The van der Waals surface area contributed by atoms with Crippen LogP contribution in [-0.2, 0) is 16.6 Å². The molecule has 0 aliphatic carbocycles. The summed E-state index contributed by atoms with van der Waals surface area (Å²) >= 11 is 0. The van der Waals surface area contributed by atoms with Gasteiger partial charge in [0.05, 0.1) is 11.3 Å². The standard InChI is InChI=1S/C22H22N4O6S.K.H/c1-13-17-10-15(12-23)19(32-22(28)26(3)4)11-20(17)31-21(27)18(13)9-14-6-5-7-16(8-14)25-33(29,30)24-2;;/h5-8,10-11,24-25H,9H2,1-4H3;;. The number of aryl methyl sites for hydroxylation is 1. The Morgan fingerprint density at radius 1 is 1.24 bits per heavy atom. The molecule has 0 spiro atoms. The molecule has 0 fully saturated rings. The molecule has 0 aliphatic rings. The summed E-state index contributed by atoms with van der Waals surface area (Å²) in [5.74, 6) is -0.0106. The number of ether oxygens (including phenoxy) is 1. The Bertz CT molecular complexity index is 1440. The molecule has 0 bridgehead atoms. The van der Waals surface area contributed by atoms with Crippen molar-refractivity contribution in [2.75, 3.05) is 25.9 Å². The fraction of sp³-hybridized carbons (Fsp3) is 0.227. The Morgan fingerprint density at radius 3 is 2.56 bits per heavy atom. The SMILES string of the molecule is CNS(=O)(=O)Nc1cccc(Cc2c(C)c3cc(C#N)c(OC(=O)N(C)C)cc3oc2=O)c1.[KH]. The second kappa shape index (κ2) is 11.5. The summed E-state index contributed by atoms with van der Waals surface area (Å²) in [6.07, 6.45) is -0.492. The first kappa shape index (κ1) is 28.0. The summed E-state index contributed by atoms with van der Waals surface area (Å²) in [5.41, 5.74) is 1.68. The van der Waals surface area contributed by atoms with Gasteiger partial charge in [0.25, 0.3) is 10.2 Å². The van der Waals surface area contributed by atoms with Crippen LogP contribution in [0.3, 0.4) is 0 Å². The molecule has 34 heavy (non-hydrogen) atoms. The molecule has 1 amide bonds. The van der Waals surface area contributed by atoms with Gasteiger partial charge in [0.1, 0.15) is 11.7 Å². The molecule has 1 aromatic heterocycles. The number of benzene rings is 2. The molecule has 10 nitrogen and oxygen atoms in total. The third-order valence-electron chi connectivity index (χ3n) is 4.90. The topological polar surface area (TPSA) is 142 Å². The number of fused-ring (bicyclic) bond motifs is 1. The van der Waals surface area contributed by atoms with Gasteiger partial charge in [0.15, 0.2) is 5.75 Å². The molecule has 0 saturated carbocycles. The number of carbonyl (C=O) groups is 1. The Balaban J connectivity index is 0.00000408. The molecule has 0 unspecified atom stereocenters. The van der Waals surface area contributed by atoms with Gasteiger partial charge in [-0.25, -0.2) is 14.3 Å². The number of nitriles is 1. The fourth-order valence-electron chi connectivity index (χ4n) is 3.13. The van der Waals surface area contributed by atoms with Crippen molar-refractivity contribution >= 4 is 84.3 Å². The zero-order chi connectivity index (χ0) is 24.3. The zero-order valence-electron chi connectivity index (χ0n) is 18.4. The van der Waals surface area contributed by atoms with E-state index in [9.17, 15) is 23.3 Å². The van der Waals surface area contributed by atoms with Crippen LogP contribution in [0.25, 0.3) is 11.0 Å². The maximum atomic E-state index is 12.7. The predicted molar refractivity (Wildman–Crippen MR) is 130 cm³/mol. The van der Waals surface area contributed by atoms with Crippen LogP contribution in [0.5, 0.6) is 5.75 Å². The number of rotatable bonds is 6. The van der Waals surface area contributed by atoms with E-state index in [0.29, 0.717) is 27.8 Å². The fourth-order valence-corrected chi connectivity index (χ4v) is 3.67. The molecule has 12 heteroatoms. The van der Waals surface area contributed by atoms with Gasteiger partial charge < -0.3 is 14.1 Å². The second-order valence-electron chi connectivity index (χ2n) is 7.40. The van der Waals surface area contributed by atoms with Gasteiger partial charge in [-0.1, -0.05) is 12.1 Å². The number of hydrogen-bond acceptors (Lipinski definition) is 7. The third-order valence-corrected chi connectivity index (χ3v) is 5.94. The van der Waals surface area contributed by atoms with Gasteiger partial charge in [0, 0.05) is 44.6 Å². The van der Waals surface area contributed by atoms with Crippen LogP contribution in [0.2, 0.25) is 0 Å². The third kappa shape index (κ3) is 6.45. The number of carbonyl (C=O) groups excluding carboxylic acids is 1. The van der Waals surface area contributed by atoms with Crippen LogP contribution < -0.4 is 19.8 Å². The van der Waals surface area contributed by atoms with E-state index in [4.69, 9.17) is 9.15 Å². The quantitative estimate of drug-likeness (QED) is 0.381. The monoisotopic (exact) mass is 510 g/mol. The molecular weight excluding hydrogens is 487 g/mol. The van der Waals surface area contributed by atoms with Crippen molar-refractivity contribution in [3.05, 3.63) is 69.1 Å². The van der Waals surface area contributed by atoms with E-state index < -0.39 is 21.9 Å². The molecule has 3 rings (SSSR count). The molecule has 0 aliphatic heterocycles. The molecule has 0 radical (unpaired) electrons. The Labute approximate surface area is 239 Å². The number of hydrogen-bond donors (Lipinski definition) is 2. The zero-order valence-corrected chi connectivity index (χ0v) is 19.2. The van der Waals surface area contributed by atoms with Crippen LogP contribution in [0.4, 0.5) is 10.5 Å². The van der Waals surface area contributed by atoms with Crippen LogP contribution in [-0.4, -0.2) is 91.9 Å². The summed E-state index contributed by atoms with van der Waals surface area (Å²) in [6, 6.07) is 11.5. The summed E-state index contributed by atoms with van der Waals surface area (Å²) < 4.78 is 38.7. The molecular formula is C22H23KN4O6S. The van der Waals surface area contributed by atoms with E-state index >= 15 is 0 Å². The number of nitrogens with zero attached hydrogens (tertiary/aromatic N) is 2. The molecule has 0 saturated heterocycles. The summed E-state index contributed by atoms with van der Waals surface area (Å²) in [6.45, 7) is 1.73. The van der Waals surface area contributed by atoms with Crippen molar-refractivity contribution in [1.82, 2.24) is 9.62 Å². The van der Waals surface area contributed by atoms with E-state index in [1.807, 2.05) is 6.07 Å².